The zero-order chi connectivity index (χ0) is 13.8. The van der Waals surface area contributed by atoms with Crippen LogP contribution in [0.1, 0.15) is 17.2 Å². The van der Waals surface area contributed by atoms with Crippen LogP contribution < -0.4 is 5.32 Å². The van der Waals surface area contributed by atoms with Crippen LogP contribution in [0.15, 0.2) is 59.6 Å². The van der Waals surface area contributed by atoms with Gasteiger partial charge in [0, 0.05) is 10.8 Å². The largest absolute Gasteiger partial charge is 0.357 e. The second kappa shape index (κ2) is 6.33. The summed E-state index contributed by atoms with van der Waals surface area (Å²) in [5.74, 6) is 1.03. The zero-order valence-electron chi connectivity index (χ0n) is 10.9. The maximum atomic E-state index is 5.97. The highest BCUT2D eigenvalue weighted by molar-refractivity contribution is 8.14. The van der Waals surface area contributed by atoms with Crippen LogP contribution in [-0.4, -0.2) is 10.9 Å². The SMILES string of the molecule is Clc1cccc(CN=C2NC(c3ccccc3)CS2)c1. The third-order valence-electron chi connectivity index (χ3n) is 3.18. The van der Waals surface area contributed by atoms with Crippen LogP contribution in [0.25, 0.3) is 0 Å². The van der Waals surface area contributed by atoms with Gasteiger partial charge in [-0.25, -0.2) is 0 Å². The molecule has 2 aromatic rings. The predicted molar refractivity (Wildman–Crippen MR) is 87.4 cm³/mol. The number of hydrogen-bond acceptors (Lipinski definition) is 2. The lowest BCUT2D eigenvalue weighted by molar-refractivity contribution is 0.748. The Morgan fingerprint density at radius 2 is 2.00 bits per heavy atom. The molecule has 102 valence electrons. The summed E-state index contributed by atoms with van der Waals surface area (Å²) < 4.78 is 0. The molecule has 20 heavy (non-hydrogen) atoms. The molecule has 0 saturated carbocycles. The average Bonchev–Trinajstić information content (AvgIpc) is 2.95. The minimum absolute atomic E-state index is 0.360. The van der Waals surface area contributed by atoms with Crippen LogP contribution in [-0.2, 0) is 6.54 Å². The van der Waals surface area contributed by atoms with Crippen molar-refractivity contribution in [1.29, 1.82) is 0 Å². The van der Waals surface area contributed by atoms with Crippen molar-refractivity contribution in [3.63, 3.8) is 0 Å². The summed E-state index contributed by atoms with van der Waals surface area (Å²) >= 11 is 7.75. The van der Waals surface area contributed by atoms with Crippen LogP contribution in [0.2, 0.25) is 5.02 Å². The van der Waals surface area contributed by atoms with E-state index in [1.54, 1.807) is 11.8 Å². The Hall–Kier alpha value is -1.45. The van der Waals surface area contributed by atoms with Gasteiger partial charge in [0.05, 0.1) is 12.6 Å². The number of amidine groups is 1. The summed E-state index contributed by atoms with van der Waals surface area (Å²) in [6.45, 7) is 0.664. The minimum atomic E-state index is 0.360. The Kier molecular flexibility index (Phi) is 4.28. The maximum Gasteiger partial charge on any atom is 0.157 e. The van der Waals surface area contributed by atoms with E-state index in [0.29, 0.717) is 12.6 Å². The first kappa shape index (κ1) is 13.5. The van der Waals surface area contributed by atoms with Gasteiger partial charge in [-0.3, -0.25) is 4.99 Å². The Balaban J connectivity index is 1.64. The van der Waals surface area contributed by atoms with Crippen molar-refractivity contribution in [3.05, 3.63) is 70.7 Å². The first-order chi connectivity index (χ1) is 9.81. The van der Waals surface area contributed by atoms with Crippen molar-refractivity contribution in [1.82, 2.24) is 5.32 Å². The predicted octanol–water partition coefficient (Wildman–Crippen LogP) is 4.27. The van der Waals surface area contributed by atoms with E-state index in [9.17, 15) is 0 Å². The highest BCUT2D eigenvalue weighted by Gasteiger charge is 2.21. The average molecular weight is 303 g/mol. The molecule has 1 aliphatic rings. The first-order valence-corrected chi connectivity index (χ1v) is 7.91. The van der Waals surface area contributed by atoms with Crippen LogP contribution in [0.5, 0.6) is 0 Å². The van der Waals surface area contributed by atoms with Crippen molar-refractivity contribution in [2.24, 2.45) is 4.99 Å². The van der Waals surface area contributed by atoms with Gasteiger partial charge < -0.3 is 5.32 Å². The molecule has 0 bridgehead atoms. The summed E-state index contributed by atoms with van der Waals surface area (Å²) in [4.78, 5) is 4.62. The monoisotopic (exact) mass is 302 g/mol. The van der Waals surface area contributed by atoms with E-state index in [2.05, 4.69) is 34.6 Å². The van der Waals surface area contributed by atoms with E-state index in [1.807, 2.05) is 30.3 Å². The smallest absolute Gasteiger partial charge is 0.157 e. The summed E-state index contributed by atoms with van der Waals surface area (Å²) in [5, 5.41) is 5.25. The number of nitrogens with zero attached hydrogens (tertiary/aromatic N) is 1. The van der Waals surface area contributed by atoms with Crippen molar-refractivity contribution >= 4 is 28.5 Å². The van der Waals surface area contributed by atoms with E-state index in [4.69, 9.17) is 11.6 Å². The molecule has 0 amide bonds. The van der Waals surface area contributed by atoms with Crippen molar-refractivity contribution in [2.75, 3.05) is 5.75 Å². The molecule has 1 unspecified atom stereocenters. The maximum absolute atomic E-state index is 5.97. The van der Waals surface area contributed by atoms with Gasteiger partial charge >= 0.3 is 0 Å². The Labute approximate surface area is 128 Å². The molecular formula is C16H15ClN2S. The molecule has 1 N–H and O–H groups in total. The normalized spacial score (nSPS) is 20.1. The molecule has 1 saturated heterocycles. The molecule has 1 aliphatic heterocycles. The second-order valence-electron chi connectivity index (χ2n) is 4.67. The fraction of sp³-hybridized carbons (Fsp3) is 0.188. The van der Waals surface area contributed by atoms with Crippen molar-refractivity contribution in [3.8, 4) is 0 Å². The summed E-state index contributed by atoms with van der Waals surface area (Å²) in [6, 6.07) is 18.7. The van der Waals surface area contributed by atoms with E-state index in [1.165, 1.54) is 5.56 Å². The van der Waals surface area contributed by atoms with E-state index in [-0.39, 0.29) is 0 Å². The molecule has 2 nitrogen and oxygen atoms in total. The van der Waals surface area contributed by atoms with E-state index < -0.39 is 0 Å². The topological polar surface area (TPSA) is 24.4 Å². The Morgan fingerprint density at radius 3 is 2.80 bits per heavy atom. The van der Waals surface area contributed by atoms with E-state index in [0.717, 1.165) is 21.5 Å². The number of halogens is 1. The quantitative estimate of drug-likeness (QED) is 0.915. The van der Waals surface area contributed by atoms with Gasteiger partial charge in [-0.1, -0.05) is 65.8 Å². The second-order valence-corrected chi connectivity index (χ2v) is 6.12. The standard InChI is InChI=1S/C16H15ClN2S/c17-14-8-4-5-12(9-14)10-18-16-19-15(11-20-16)13-6-2-1-3-7-13/h1-9,15H,10-11H2,(H,18,19). The number of rotatable bonds is 3. The van der Waals surface area contributed by atoms with Crippen LogP contribution in [0.4, 0.5) is 0 Å². The zero-order valence-corrected chi connectivity index (χ0v) is 12.5. The third kappa shape index (κ3) is 3.35. The van der Waals surface area contributed by atoms with Gasteiger partial charge in [-0.05, 0) is 23.3 Å². The summed E-state index contributed by atoms with van der Waals surface area (Å²) in [5.41, 5.74) is 2.45. The van der Waals surface area contributed by atoms with Gasteiger partial charge in [-0.15, -0.1) is 0 Å². The molecule has 3 rings (SSSR count). The highest BCUT2D eigenvalue weighted by Crippen LogP contribution is 2.26. The molecule has 4 heteroatoms. The van der Waals surface area contributed by atoms with Crippen LogP contribution in [0.3, 0.4) is 0 Å². The lowest BCUT2D eigenvalue weighted by atomic mass is 10.1. The molecule has 1 atom stereocenters. The number of benzene rings is 2. The summed E-state index contributed by atoms with van der Waals surface area (Å²) in [7, 11) is 0. The number of aliphatic imine (C=N–C) groups is 1. The van der Waals surface area contributed by atoms with Crippen molar-refractivity contribution < 1.29 is 0 Å². The van der Waals surface area contributed by atoms with Crippen molar-refractivity contribution in [2.45, 2.75) is 12.6 Å². The first-order valence-electron chi connectivity index (χ1n) is 6.54. The highest BCUT2D eigenvalue weighted by atomic mass is 35.5. The van der Waals surface area contributed by atoms with Gasteiger partial charge in [0.15, 0.2) is 5.17 Å². The Bertz CT molecular complexity index is 613. The van der Waals surface area contributed by atoms with Gasteiger partial charge in [0.25, 0.3) is 0 Å². The van der Waals surface area contributed by atoms with Gasteiger partial charge in [0.1, 0.15) is 0 Å². The summed E-state index contributed by atoms with van der Waals surface area (Å²) in [6.07, 6.45) is 0. The van der Waals surface area contributed by atoms with Gasteiger partial charge in [-0.2, -0.15) is 0 Å². The third-order valence-corrected chi connectivity index (χ3v) is 4.44. The minimum Gasteiger partial charge on any atom is -0.357 e. The van der Waals surface area contributed by atoms with E-state index >= 15 is 0 Å². The number of hydrogen-bond donors (Lipinski definition) is 1. The molecule has 1 fully saturated rings. The molecule has 0 aliphatic carbocycles. The Morgan fingerprint density at radius 1 is 1.15 bits per heavy atom. The molecule has 2 aromatic carbocycles. The lowest BCUT2D eigenvalue weighted by Gasteiger charge is -2.09. The van der Waals surface area contributed by atoms with Crippen LogP contribution in [0, 0.1) is 0 Å². The molecular weight excluding hydrogens is 288 g/mol. The number of nitrogens with one attached hydrogen (secondary N) is 1. The molecule has 0 radical (unpaired) electrons. The molecule has 0 aromatic heterocycles. The fourth-order valence-electron chi connectivity index (χ4n) is 2.15. The van der Waals surface area contributed by atoms with Crippen LogP contribution >= 0.6 is 23.4 Å². The molecule has 1 heterocycles. The number of thioether (sulfide) groups is 1. The lowest BCUT2D eigenvalue weighted by Crippen LogP contribution is -2.19. The van der Waals surface area contributed by atoms with Gasteiger partial charge in [0.2, 0.25) is 0 Å². The molecule has 0 spiro atoms. The fourth-order valence-corrected chi connectivity index (χ4v) is 3.34.